The third kappa shape index (κ3) is 4.15. The number of hydrogen-bond acceptors (Lipinski definition) is 4. The van der Waals surface area contributed by atoms with Gasteiger partial charge in [0.05, 0.1) is 19.3 Å². The molecule has 1 saturated heterocycles. The normalized spacial score (nSPS) is 30.0. The molecule has 2 atom stereocenters. The molecule has 4 nitrogen and oxygen atoms in total. The van der Waals surface area contributed by atoms with Crippen LogP contribution < -0.4 is 5.32 Å². The Morgan fingerprint density at radius 1 is 1.21 bits per heavy atom. The van der Waals surface area contributed by atoms with Gasteiger partial charge in [-0.15, -0.1) is 0 Å². The first-order chi connectivity index (χ1) is 9.29. The molecular weight excluding hydrogens is 242 g/mol. The van der Waals surface area contributed by atoms with Gasteiger partial charge in [0.25, 0.3) is 0 Å². The van der Waals surface area contributed by atoms with Crippen molar-refractivity contribution in [2.45, 2.75) is 70.3 Å². The molecule has 1 saturated carbocycles. The fourth-order valence-corrected chi connectivity index (χ4v) is 2.99. The molecule has 1 N–H and O–H groups in total. The van der Waals surface area contributed by atoms with E-state index in [1.165, 1.54) is 6.42 Å². The number of hydrogen-bond donors (Lipinski definition) is 1. The largest absolute Gasteiger partial charge is 0.376 e. The van der Waals surface area contributed by atoms with Crippen LogP contribution >= 0.6 is 0 Å². The molecule has 1 spiro atoms. The van der Waals surface area contributed by atoms with E-state index in [9.17, 15) is 0 Å². The molecule has 4 heteroatoms. The van der Waals surface area contributed by atoms with Crippen molar-refractivity contribution in [1.29, 1.82) is 0 Å². The van der Waals surface area contributed by atoms with Crippen LogP contribution in [0.5, 0.6) is 0 Å². The predicted octanol–water partition coefficient (Wildman–Crippen LogP) is 2.47. The molecule has 2 unspecified atom stereocenters. The summed E-state index contributed by atoms with van der Waals surface area (Å²) in [7, 11) is 0. The summed E-state index contributed by atoms with van der Waals surface area (Å²) < 4.78 is 17.8. The van der Waals surface area contributed by atoms with Crippen molar-refractivity contribution in [3.63, 3.8) is 0 Å². The molecule has 0 aromatic heterocycles. The van der Waals surface area contributed by atoms with Gasteiger partial charge in [-0.3, -0.25) is 0 Å². The zero-order valence-corrected chi connectivity index (χ0v) is 12.5. The maximum absolute atomic E-state index is 6.10. The van der Waals surface area contributed by atoms with Crippen LogP contribution in [0.4, 0.5) is 0 Å². The molecule has 0 aromatic carbocycles. The average molecular weight is 271 g/mol. The highest BCUT2D eigenvalue weighted by Crippen LogP contribution is 2.37. The van der Waals surface area contributed by atoms with E-state index in [0.29, 0.717) is 6.04 Å². The van der Waals surface area contributed by atoms with Crippen LogP contribution in [-0.4, -0.2) is 44.3 Å². The first-order valence-electron chi connectivity index (χ1n) is 7.92. The second-order valence-electron chi connectivity index (χ2n) is 5.67. The number of rotatable bonds is 7. The van der Waals surface area contributed by atoms with Crippen molar-refractivity contribution in [2.75, 3.05) is 26.4 Å². The van der Waals surface area contributed by atoms with Crippen molar-refractivity contribution in [2.24, 2.45) is 0 Å². The van der Waals surface area contributed by atoms with Gasteiger partial charge >= 0.3 is 0 Å². The molecule has 0 radical (unpaired) electrons. The first-order valence-corrected chi connectivity index (χ1v) is 7.92. The van der Waals surface area contributed by atoms with Crippen LogP contribution in [0.3, 0.4) is 0 Å². The maximum Gasteiger partial charge on any atom is 0.171 e. The lowest BCUT2D eigenvalue weighted by molar-refractivity contribution is -0.207. The zero-order chi connectivity index (χ0) is 13.6. The van der Waals surface area contributed by atoms with Crippen LogP contribution in [0.15, 0.2) is 0 Å². The molecule has 2 fully saturated rings. The zero-order valence-electron chi connectivity index (χ0n) is 12.5. The Bertz CT molecular complexity index is 254. The molecule has 1 aliphatic carbocycles. The molecule has 2 aliphatic rings. The Hall–Kier alpha value is -0.160. The number of unbranched alkanes of at least 4 members (excludes halogenated alkanes) is 1. The van der Waals surface area contributed by atoms with E-state index in [-0.39, 0.29) is 11.9 Å². The van der Waals surface area contributed by atoms with Crippen molar-refractivity contribution in [3.05, 3.63) is 0 Å². The topological polar surface area (TPSA) is 39.7 Å². The van der Waals surface area contributed by atoms with E-state index in [1.54, 1.807) is 0 Å². The molecule has 0 aromatic rings. The molecule has 1 heterocycles. The predicted molar refractivity (Wildman–Crippen MR) is 75.2 cm³/mol. The molecule has 0 amide bonds. The smallest absolute Gasteiger partial charge is 0.171 e. The summed E-state index contributed by atoms with van der Waals surface area (Å²) in [5, 5.41) is 3.62. The van der Waals surface area contributed by atoms with E-state index in [1.807, 2.05) is 0 Å². The Morgan fingerprint density at radius 2 is 2.00 bits per heavy atom. The van der Waals surface area contributed by atoms with Crippen molar-refractivity contribution in [1.82, 2.24) is 5.32 Å². The molecule has 112 valence electrons. The molecule has 0 bridgehead atoms. The summed E-state index contributed by atoms with van der Waals surface area (Å²) in [5.41, 5.74) is 0. The van der Waals surface area contributed by atoms with Gasteiger partial charge in [0.1, 0.15) is 0 Å². The molecular formula is C15H29NO3. The van der Waals surface area contributed by atoms with Gasteiger partial charge in [-0.1, -0.05) is 20.3 Å². The lowest BCUT2D eigenvalue weighted by Gasteiger charge is -2.41. The van der Waals surface area contributed by atoms with Gasteiger partial charge in [-0.05, 0) is 25.8 Å². The van der Waals surface area contributed by atoms with Crippen LogP contribution in [0, 0.1) is 0 Å². The lowest BCUT2D eigenvalue weighted by atomic mass is 9.87. The van der Waals surface area contributed by atoms with Gasteiger partial charge in [0, 0.05) is 25.5 Å². The monoisotopic (exact) mass is 271 g/mol. The van der Waals surface area contributed by atoms with Gasteiger partial charge in [-0.2, -0.15) is 0 Å². The third-order valence-corrected chi connectivity index (χ3v) is 4.10. The van der Waals surface area contributed by atoms with Crippen LogP contribution in [-0.2, 0) is 14.2 Å². The minimum absolute atomic E-state index is 0.227. The fraction of sp³-hybridized carbons (Fsp3) is 1.00. The van der Waals surface area contributed by atoms with E-state index in [4.69, 9.17) is 14.2 Å². The highest BCUT2D eigenvalue weighted by Gasteiger charge is 2.45. The van der Waals surface area contributed by atoms with Crippen molar-refractivity contribution >= 4 is 0 Å². The Morgan fingerprint density at radius 3 is 2.68 bits per heavy atom. The standard InChI is InChI=1S/C15H29NO3/c1-3-5-9-17-14-12-15(18-10-11-19-15)7-6-13(14)16-8-4-2/h13-14,16H,3-12H2,1-2H3. The Balaban J connectivity index is 1.88. The molecule has 1 aliphatic heterocycles. The summed E-state index contributed by atoms with van der Waals surface area (Å²) in [6.07, 6.45) is 6.64. The summed E-state index contributed by atoms with van der Waals surface area (Å²) >= 11 is 0. The van der Waals surface area contributed by atoms with Crippen LogP contribution in [0.25, 0.3) is 0 Å². The quantitative estimate of drug-likeness (QED) is 0.722. The van der Waals surface area contributed by atoms with E-state index in [0.717, 1.165) is 58.5 Å². The molecule has 2 rings (SSSR count). The third-order valence-electron chi connectivity index (χ3n) is 4.10. The lowest BCUT2D eigenvalue weighted by Crippen LogP contribution is -2.52. The second-order valence-corrected chi connectivity index (χ2v) is 5.67. The second kappa shape index (κ2) is 7.58. The summed E-state index contributed by atoms with van der Waals surface area (Å²) in [6.45, 7) is 7.77. The van der Waals surface area contributed by atoms with Crippen molar-refractivity contribution < 1.29 is 14.2 Å². The van der Waals surface area contributed by atoms with Crippen LogP contribution in [0.1, 0.15) is 52.4 Å². The SMILES string of the molecule is CCCCOC1CC2(CCC1NCCC)OCCO2. The van der Waals surface area contributed by atoms with Crippen molar-refractivity contribution in [3.8, 4) is 0 Å². The van der Waals surface area contributed by atoms with Gasteiger partial charge < -0.3 is 19.5 Å². The maximum atomic E-state index is 6.10. The average Bonchev–Trinajstić information content (AvgIpc) is 2.87. The van der Waals surface area contributed by atoms with E-state index < -0.39 is 0 Å². The van der Waals surface area contributed by atoms with Gasteiger partial charge in [-0.25, -0.2) is 0 Å². The Labute approximate surface area is 117 Å². The van der Waals surface area contributed by atoms with E-state index >= 15 is 0 Å². The van der Waals surface area contributed by atoms with E-state index in [2.05, 4.69) is 19.2 Å². The Kier molecular flexibility index (Phi) is 6.07. The first kappa shape index (κ1) is 15.2. The van der Waals surface area contributed by atoms with Crippen LogP contribution in [0.2, 0.25) is 0 Å². The number of nitrogens with one attached hydrogen (secondary N) is 1. The van der Waals surface area contributed by atoms with Gasteiger partial charge in [0.15, 0.2) is 5.79 Å². The molecule has 19 heavy (non-hydrogen) atoms. The minimum atomic E-state index is -0.346. The fourth-order valence-electron chi connectivity index (χ4n) is 2.99. The minimum Gasteiger partial charge on any atom is -0.376 e. The summed E-state index contributed by atoms with van der Waals surface area (Å²) in [4.78, 5) is 0. The number of ether oxygens (including phenoxy) is 3. The highest BCUT2D eigenvalue weighted by molar-refractivity contribution is 4.92. The highest BCUT2D eigenvalue weighted by atomic mass is 16.7. The summed E-state index contributed by atoms with van der Waals surface area (Å²) in [6, 6.07) is 0.454. The van der Waals surface area contributed by atoms with Gasteiger partial charge in [0.2, 0.25) is 0 Å². The summed E-state index contributed by atoms with van der Waals surface area (Å²) in [5.74, 6) is -0.346.